The van der Waals surface area contributed by atoms with Gasteiger partial charge < -0.3 is 10.2 Å². The molecule has 0 aromatic heterocycles. The lowest BCUT2D eigenvalue weighted by atomic mass is 9.64. The van der Waals surface area contributed by atoms with Gasteiger partial charge in [0.2, 0.25) is 5.91 Å². The Labute approximate surface area is 188 Å². The van der Waals surface area contributed by atoms with E-state index in [1.807, 2.05) is 55.4 Å². The Kier molecular flexibility index (Phi) is 4.38. The second-order valence-corrected chi connectivity index (χ2v) is 9.02. The standard InChI is InChI=1S/C25H19BrN2O3/c1-28(2)16-10-7-14(8-11-16)25(19-13-15(26)9-12-20(19)27-24(25)31)21-22(29)17-5-3-4-6-18(17)23(21)30/h3-13,21H,1-2H3,(H,27,31). The number of anilines is 2. The molecule has 1 aliphatic carbocycles. The summed E-state index contributed by atoms with van der Waals surface area (Å²) in [5, 5.41) is 2.92. The van der Waals surface area contributed by atoms with Gasteiger partial charge in [0.05, 0.1) is 0 Å². The summed E-state index contributed by atoms with van der Waals surface area (Å²) in [6.07, 6.45) is 0. The predicted octanol–water partition coefficient (Wildman–Crippen LogP) is 4.45. The summed E-state index contributed by atoms with van der Waals surface area (Å²) in [5.41, 5.74) is 2.12. The molecule has 5 nitrogen and oxygen atoms in total. The van der Waals surface area contributed by atoms with Crippen molar-refractivity contribution in [2.75, 3.05) is 24.3 Å². The first-order valence-electron chi connectivity index (χ1n) is 9.92. The fourth-order valence-corrected chi connectivity index (χ4v) is 5.15. The fraction of sp³-hybridized carbons (Fsp3) is 0.160. The van der Waals surface area contributed by atoms with Crippen LogP contribution < -0.4 is 10.2 Å². The predicted molar refractivity (Wildman–Crippen MR) is 123 cm³/mol. The first kappa shape index (κ1) is 19.7. The zero-order valence-corrected chi connectivity index (χ0v) is 18.6. The Morgan fingerprint density at radius 2 is 1.48 bits per heavy atom. The van der Waals surface area contributed by atoms with Crippen LogP contribution in [0.4, 0.5) is 11.4 Å². The maximum atomic E-state index is 13.7. The number of Topliss-reactive ketones (excluding diaryl/α,β-unsaturated/α-hetero) is 2. The van der Waals surface area contributed by atoms with E-state index >= 15 is 0 Å². The summed E-state index contributed by atoms with van der Waals surface area (Å²) in [7, 11) is 3.86. The van der Waals surface area contributed by atoms with Crippen molar-refractivity contribution in [1.82, 2.24) is 0 Å². The number of benzene rings is 3. The molecule has 0 bridgehead atoms. The number of carbonyl (C=O) groups is 3. The third kappa shape index (κ3) is 2.64. The van der Waals surface area contributed by atoms with Gasteiger partial charge in [-0.15, -0.1) is 0 Å². The minimum Gasteiger partial charge on any atom is -0.378 e. The van der Waals surface area contributed by atoms with Gasteiger partial charge >= 0.3 is 0 Å². The van der Waals surface area contributed by atoms with Crippen LogP contribution in [0.1, 0.15) is 31.8 Å². The van der Waals surface area contributed by atoms with Crippen molar-refractivity contribution in [3.05, 3.63) is 93.5 Å². The van der Waals surface area contributed by atoms with Gasteiger partial charge in [0.15, 0.2) is 11.6 Å². The molecule has 3 aromatic rings. The number of fused-ring (bicyclic) bond motifs is 2. The van der Waals surface area contributed by atoms with Gasteiger partial charge in [0.1, 0.15) is 11.3 Å². The van der Waals surface area contributed by atoms with E-state index in [1.165, 1.54) is 0 Å². The topological polar surface area (TPSA) is 66.5 Å². The van der Waals surface area contributed by atoms with Gasteiger partial charge in [-0.1, -0.05) is 52.3 Å². The average Bonchev–Trinajstić information content (AvgIpc) is 3.19. The molecule has 0 saturated carbocycles. The van der Waals surface area contributed by atoms with E-state index in [-0.39, 0.29) is 17.5 Å². The van der Waals surface area contributed by atoms with Crippen LogP contribution in [0.2, 0.25) is 0 Å². The SMILES string of the molecule is CN(C)c1ccc(C2(C3C(=O)c4ccccc4C3=O)C(=O)Nc3ccc(Br)cc32)cc1. The first-order chi connectivity index (χ1) is 14.9. The summed E-state index contributed by atoms with van der Waals surface area (Å²) in [6, 6.07) is 19.7. The van der Waals surface area contributed by atoms with Gasteiger partial charge in [-0.2, -0.15) is 0 Å². The van der Waals surface area contributed by atoms with E-state index in [0.717, 1.165) is 10.2 Å². The molecule has 0 fully saturated rings. The van der Waals surface area contributed by atoms with Crippen LogP contribution in [-0.2, 0) is 10.2 Å². The lowest BCUT2D eigenvalue weighted by molar-refractivity contribution is -0.120. The Bertz CT molecular complexity index is 1230. The minimum absolute atomic E-state index is 0.319. The molecule has 3 aromatic carbocycles. The van der Waals surface area contributed by atoms with Crippen molar-refractivity contribution in [3.63, 3.8) is 0 Å². The van der Waals surface area contributed by atoms with Crippen LogP contribution in [-0.4, -0.2) is 31.6 Å². The molecule has 31 heavy (non-hydrogen) atoms. The van der Waals surface area contributed by atoms with Crippen LogP contribution in [0, 0.1) is 5.92 Å². The number of rotatable bonds is 3. The molecule has 1 unspecified atom stereocenters. The monoisotopic (exact) mass is 474 g/mol. The normalized spacial score (nSPS) is 19.9. The molecule has 6 heteroatoms. The zero-order chi connectivity index (χ0) is 21.9. The van der Waals surface area contributed by atoms with E-state index in [4.69, 9.17) is 0 Å². The number of amides is 1. The highest BCUT2D eigenvalue weighted by atomic mass is 79.9. The van der Waals surface area contributed by atoms with Crippen molar-refractivity contribution in [1.29, 1.82) is 0 Å². The summed E-state index contributed by atoms with van der Waals surface area (Å²) in [6.45, 7) is 0. The number of hydrogen-bond acceptors (Lipinski definition) is 4. The number of hydrogen-bond donors (Lipinski definition) is 1. The molecule has 1 aliphatic heterocycles. The molecule has 2 aliphatic rings. The first-order valence-corrected chi connectivity index (χ1v) is 10.7. The van der Waals surface area contributed by atoms with Crippen molar-refractivity contribution >= 4 is 44.8 Å². The van der Waals surface area contributed by atoms with Crippen LogP contribution in [0.5, 0.6) is 0 Å². The molecular weight excluding hydrogens is 456 g/mol. The van der Waals surface area contributed by atoms with Crippen molar-refractivity contribution in [2.24, 2.45) is 5.92 Å². The zero-order valence-electron chi connectivity index (χ0n) is 17.0. The maximum Gasteiger partial charge on any atom is 0.240 e. The molecule has 1 N–H and O–H groups in total. The number of carbonyl (C=O) groups excluding carboxylic acids is 3. The van der Waals surface area contributed by atoms with Gasteiger partial charge in [-0.3, -0.25) is 14.4 Å². The molecule has 0 saturated heterocycles. The number of halogens is 1. The van der Waals surface area contributed by atoms with E-state index in [0.29, 0.717) is 27.9 Å². The number of ketones is 2. The minimum atomic E-state index is -1.45. The molecule has 5 rings (SSSR count). The second kappa shape index (κ2) is 6.89. The largest absolute Gasteiger partial charge is 0.378 e. The van der Waals surface area contributed by atoms with E-state index in [1.54, 1.807) is 30.3 Å². The summed E-state index contributed by atoms with van der Waals surface area (Å²) < 4.78 is 0.771. The van der Waals surface area contributed by atoms with Crippen LogP contribution in [0.3, 0.4) is 0 Å². The van der Waals surface area contributed by atoms with E-state index in [9.17, 15) is 14.4 Å². The lowest BCUT2D eigenvalue weighted by Crippen LogP contribution is -2.47. The summed E-state index contributed by atoms with van der Waals surface area (Å²) in [5.74, 6) is -2.16. The number of nitrogens with one attached hydrogen (secondary N) is 1. The average molecular weight is 475 g/mol. The van der Waals surface area contributed by atoms with Crippen LogP contribution in [0.15, 0.2) is 71.2 Å². The highest BCUT2D eigenvalue weighted by Gasteiger charge is 2.61. The molecule has 1 amide bonds. The highest BCUT2D eigenvalue weighted by molar-refractivity contribution is 9.10. The molecule has 1 heterocycles. The third-order valence-corrected chi connectivity index (χ3v) is 6.76. The molecule has 1 atom stereocenters. The van der Waals surface area contributed by atoms with E-state index in [2.05, 4.69) is 21.2 Å². The second-order valence-electron chi connectivity index (χ2n) is 8.10. The summed E-state index contributed by atoms with van der Waals surface area (Å²) >= 11 is 3.49. The Hall–Kier alpha value is -3.25. The molecule has 0 radical (unpaired) electrons. The van der Waals surface area contributed by atoms with Gasteiger partial charge in [-0.05, 0) is 41.5 Å². The lowest BCUT2D eigenvalue weighted by Gasteiger charge is -2.33. The van der Waals surface area contributed by atoms with E-state index < -0.39 is 11.3 Å². The Morgan fingerprint density at radius 1 is 0.871 bits per heavy atom. The molecule has 154 valence electrons. The quantitative estimate of drug-likeness (QED) is 0.569. The Balaban J connectivity index is 1.81. The van der Waals surface area contributed by atoms with Crippen LogP contribution in [0.25, 0.3) is 0 Å². The maximum absolute atomic E-state index is 13.7. The Morgan fingerprint density at radius 3 is 2.06 bits per heavy atom. The van der Waals surface area contributed by atoms with Crippen LogP contribution >= 0.6 is 15.9 Å². The van der Waals surface area contributed by atoms with Crippen molar-refractivity contribution in [3.8, 4) is 0 Å². The smallest absolute Gasteiger partial charge is 0.240 e. The third-order valence-electron chi connectivity index (χ3n) is 6.27. The molecule has 0 spiro atoms. The number of nitrogens with zero attached hydrogens (tertiary/aromatic N) is 1. The van der Waals surface area contributed by atoms with Crippen molar-refractivity contribution < 1.29 is 14.4 Å². The van der Waals surface area contributed by atoms with Crippen molar-refractivity contribution in [2.45, 2.75) is 5.41 Å². The summed E-state index contributed by atoms with van der Waals surface area (Å²) in [4.78, 5) is 42.8. The van der Waals surface area contributed by atoms with Gasteiger partial charge in [0, 0.05) is 41.1 Å². The fourth-order valence-electron chi connectivity index (χ4n) is 4.79. The van der Waals surface area contributed by atoms with Gasteiger partial charge in [-0.25, -0.2) is 0 Å². The van der Waals surface area contributed by atoms with Gasteiger partial charge in [0.25, 0.3) is 0 Å². The highest BCUT2D eigenvalue weighted by Crippen LogP contribution is 2.52. The molecular formula is C25H19BrN2O3.